The van der Waals surface area contributed by atoms with Gasteiger partial charge in [0.2, 0.25) is 5.79 Å². The highest BCUT2D eigenvalue weighted by Gasteiger charge is 2.42. The second kappa shape index (κ2) is 5.60. The molecule has 3 heterocycles. The highest BCUT2D eigenvalue weighted by Crippen LogP contribution is 2.40. The summed E-state index contributed by atoms with van der Waals surface area (Å²) < 4.78 is 12.5. The fourth-order valence-corrected chi connectivity index (χ4v) is 4.04. The Morgan fingerprint density at radius 2 is 2.04 bits per heavy atom. The molecule has 0 radical (unpaired) electrons. The second-order valence-corrected chi connectivity index (χ2v) is 7.21. The molecule has 5 rings (SSSR count). The zero-order valence-electron chi connectivity index (χ0n) is 13.8. The number of aromatic nitrogens is 2. The number of hydrogen-bond acceptors (Lipinski definition) is 4. The number of ether oxygens (including phenoxy) is 2. The number of fused-ring (bicyclic) bond motifs is 1. The number of nitrogens with one attached hydrogen (secondary N) is 1. The Morgan fingerprint density at radius 1 is 1.17 bits per heavy atom. The first-order valence-corrected chi connectivity index (χ1v) is 9.01. The van der Waals surface area contributed by atoms with E-state index in [0.717, 1.165) is 54.5 Å². The normalized spacial score (nSPS) is 23.5. The summed E-state index contributed by atoms with van der Waals surface area (Å²) in [6.07, 6.45) is 7.83. The zero-order chi connectivity index (χ0) is 16.0. The fraction of sp³-hybridized carbons (Fsp3) is 0.526. The topological polar surface area (TPSA) is 50.4 Å². The summed E-state index contributed by atoms with van der Waals surface area (Å²) in [5.74, 6) is 0.560. The van der Waals surface area contributed by atoms with Crippen LogP contribution in [0, 0.1) is 0 Å². The lowest BCUT2D eigenvalue weighted by Gasteiger charge is -2.47. The minimum Gasteiger partial charge on any atom is -0.462 e. The predicted molar refractivity (Wildman–Crippen MR) is 90.6 cm³/mol. The molecule has 1 spiro atoms. The van der Waals surface area contributed by atoms with E-state index < -0.39 is 5.79 Å². The number of aromatic amines is 1. The maximum Gasteiger partial charge on any atom is 0.213 e. The number of benzene rings is 1. The van der Waals surface area contributed by atoms with Crippen molar-refractivity contribution in [3.8, 4) is 17.0 Å². The van der Waals surface area contributed by atoms with Gasteiger partial charge in [-0.05, 0) is 37.1 Å². The van der Waals surface area contributed by atoms with Gasteiger partial charge in [-0.3, -0.25) is 10.00 Å². The summed E-state index contributed by atoms with van der Waals surface area (Å²) in [5, 5.41) is 7.03. The molecular formula is C19H23N3O2. The third-order valence-corrected chi connectivity index (χ3v) is 5.81. The van der Waals surface area contributed by atoms with E-state index in [0.29, 0.717) is 6.61 Å². The molecule has 0 unspecified atom stereocenters. The van der Waals surface area contributed by atoms with E-state index in [4.69, 9.17) is 9.47 Å². The molecule has 1 aromatic carbocycles. The summed E-state index contributed by atoms with van der Waals surface area (Å²) in [6, 6.07) is 9.10. The van der Waals surface area contributed by atoms with Gasteiger partial charge in [-0.15, -0.1) is 0 Å². The lowest BCUT2D eigenvalue weighted by Crippen LogP contribution is -2.54. The first-order valence-electron chi connectivity index (χ1n) is 9.01. The first-order chi connectivity index (χ1) is 11.8. The van der Waals surface area contributed by atoms with Crippen molar-refractivity contribution in [2.45, 2.75) is 50.5 Å². The average molecular weight is 325 g/mol. The SMILES string of the molecule is c1cc(-c2ccc3c(c2)COC2(CCN(C4CCC4)CC2)O3)[nH]n1. The summed E-state index contributed by atoms with van der Waals surface area (Å²) in [6.45, 7) is 2.80. The first kappa shape index (κ1) is 14.5. The van der Waals surface area contributed by atoms with Crippen LogP contribution in [0.2, 0.25) is 0 Å². The van der Waals surface area contributed by atoms with Gasteiger partial charge >= 0.3 is 0 Å². The quantitative estimate of drug-likeness (QED) is 0.920. The van der Waals surface area contributed by atoms with Crippen molar-refractivity contribution in [1.82, 2.24) is 15.1 Å². The molecule has 2 fully saturated rings. The van der Waals surface area contributed by atoms with Crippen molar-refractivity contribution in [3.63, 3.8) is 0 Å². The third-order valence-electron chi connectivity index (χ3n) is 5.81. The van der Waals surface area contributed by atoms with E-state index in [2.05, 4.69) is 33.3 Å². The summed E-state index contributed by atoms with van der Waals surface area (Å²) in [7, 11) is 0. The molecule has 0 bridgehead atoms. The number of H-pyrrole nitrogens is 1. The van der Waals surface area contributed by atoms with Gasteiger partial charge in [-0.2, -0.15) is 5.10 Å². The largest absolute Gasteiger partial charge is 0.462 e. The fourth-order valence-electron chi connectivity index (χ4n) is 4.04. The van der Waals surface area contributed by atoms with Crippen LogP contribution in [-0.2, 0) is 11.3 Å². The molecular weight excluding hydrogens is 302 g/mol. The molecule has 2 aromatic rings. The monoisotopic (exact) mass is 325 g/mol. The zero-order valence-corrected chi connectivity index (χ0v) is 13.8. The Bertz CT molecular complexity index is 716. The van der Waals surface area contributed by atoms with Gasteiger partial charge < -0.3 is 9.47 Å². The van der Waals surface area contributed by atoms with E-state index in [9.17, 15) is 0 Å². The lowest BCUT2D eigenvalue weighted by molar-refractivity contribution is -0.231. The third kappa shape index (κ3) is 2.43. The van der Waals surface area contributed by atoms with Crippen LogP contribution in [0.5, 0.6) is 5.75 Å². The van der Waals surface area contributed by atoms with Crippen LogP contribution in [-0.4, -0.2) is 40.0 Å². The lowest BCUT2D eigenvalue weighted by atomic mass is 9.89. The van der Waals surface area contributed by atoms with Crippen molar-refractivity contribution < 1.29 is 9.47 Å². The van der Waals surface area contributed by atoms with E-state index in [1.165, 1.54) is 19.3 Å². The average Bonchev–Trinajstić information content (AvgIpc) is 3.10. The number of rotatable bonds is 2. The molecule has 0 amide bonds. The molecule has 3 aliphatic rings. The number of likely N-dealkylation sites (tertiary alicyclic amines) is 1. The summed E-state index contributed by atoms with van der Waals surface area (Å²) >= 11 is 0. The molecule has 5 nitrogen and oxygen atoms in total. The molecule has 1 saturated heterocycles. The van der Waals surface area contributed by atoms with Crippen LogP contribution in [0.3, 0.4) is 0 Å². The van der Waals surface area contributed by atoms with Crippen molar-refractivity contribution in [1.29, 1.82) is 0 Å². The van der Waals surface area contributed by atoms with Crippen LogP contribution in [0.1, 0.15) is 37.7 Å². The van der Waals surface area contributed by atoms with Gasteiger partial charge in [0, 0.05) is 49.3 Å². The van der Waals surface area contributed by atoms with Crippen molar-refractivity contribution in [3.05, 3.63) is 36.0 Å². The number of hydrogen-bond donors (Lipinski definition) is 1. The molecule has 5 heteroatoms. The molecule has 1 saturated carbocycles. The minimum absolute atomic E-state index is 0.414. The molecule has 126 valence electrons. The van der Waals surface area contributed by atoms with Crippen LogP contribution < -0.4 is 4.74 Å². The van der Waals surface area contributed by atoms with Gasteiger partial charge in [-0.1, -0.05) is 6.42 Å². The van der Waals surface area contributed by atoms with Gasteiger partial charge in [0.05, 0.1) is 12.3 Å². The van der Waals surface area contributed by atoms with Crippen LogP contribution >= 0.6 is 0 Å². The molecule has 1 N–H and O–H groups in total. The highest BCUT2D eigenvalue weighted by molar-refractivity contribution is 5.61. The Morgan fingerprint density at radius 3 is 2.75 bits per heavy atom. The summed E-state index contributed by atoms with van der Waals surface area (Å²) in [4.78, 5) is 2.62. The van der Waals surface area contributed by atoms with E-state index in [1.54, 1.807) is 6.20 Å². The molecule has 2 aliphatic heterocycles. The van der Waals surface area contributed by atoms with Gasteiger partial charge in [0.15, 0.2) is 0 Å². The van der Waals surface area contributed by atoms with Crippen molar-refractivity contribution in [2.75, 3.05) is 13.1 Å². The molecule has 0 atom stereocenters. The van der Waals surface area contributed by atoms with Crippen LogP contribution in [0.25, 0.3) is 11.3 Å². The molecule has 24 heavy (non-hydrogen) atoms. The van der Waals surface area contributed by atoms with Crippen LogP contribution in [0.15, 0.2) is 30.5 Å². The van der Waals surface area contributed by atoms with Crippen LogP contribution in [0.4, 0.5) is 0 Å². The molecule has 1 aliphatic carbocycles. The number of nitrogens with zero attached hydrogens (tertiary/aromatic N) is 2. The van der Waals surface area contributed by atoms with E-state index in [-0.39, 0.29) is 0 Å². The Labute approximate surface area is 142 Å². The predicted octanol–water partition coefficient (Wildman–Crippen LogP) is 3.33. The Kier molecular flexibility index (Phi) is 3.38. The van der Waals surface area contributed by atoms with Gasteiger partial charge in [-0.25, -0.2) is 0 Å². The van der Waals surface area contributed by atoms with Crippen molar-refractivity contribution >= 4 is 0 Å². The smallest absolute Gasteiger partial charge is 0.213 e. The maximum atomic E-state index is 6.34. The summed E-state index contributed by atoms with van der Waals surface area (Å²) in [5.41, 5.74) is 3.26. The highest BCUT2D eigenvalue weighted by atomic mass is 16.7. The maximum absolute atomic E-state index is 6.34. The minimum atomic E-state index is -0.414. The van der Waals surface area contributed by atoms with Gasteiger partial charge in [0.1, 0.15) is 5.75 Å². The van der Waals surface area contributed by atoms with E-state index >= 15 is 0 Å². The van der Waals surface area contributed by atoms with Crippen molar-refractivity contribution in [2.24, 2.45) is 0 Å². The number of piperidine rings is 1. The Balaban J connectivity index is 1.32. The standard InChI is InChI=1S/C19H23N3O2/c1-2-16(3-1)22-10-7-19(8-11-22)23-13-15-12-14(4-5-18(15)24-19)17-6-9-20-21-17/h4-6,9,12,16H,1-3,7-8,10-11,13H2,(H,20,21). The Hall–Kier alpha value is -1.85. The molecule has 1 aromatic heterocycles. The van der Waals surface area contributed by atoms with E-state index in [1.807, 2.05) is 6.07 Å². The second-order valence-electron chi connectivity index (χ2n) is 7.21. The van der Waals surface area contributed by atoms with Gasteiger partial charge in [0.25, 0.3) is 0 Å².